The molecule has 0 aromatic heterocycles. The maximum absolute atomic E-state index is 12.1. The number of unbranched alkanes of at least 4 members (excludes halogenated alkanes) is 1. The fourth-order valence-electron chi connectivity index (χ4n) is 2.46. The normalized spacial score (nSPS) is 10.3. The van der Waals surface area contributed by atoms with Crippen LogP contribution in [0, 0.1) is 13.8 Å². The van der Waals surface area contributed by atoms with Gasteiger partial charge >= 0.3 is 5.97 Å². The number of carbonyl (C=O) groups is 2. The van der Waals surface area contributed by atoms with E-state index in [0.717, 1.165) is 35.3 Å². The van der Waals surface area contributed by atoms with Crippen LogP contribution in [0.3, 0.4) is 0 Å². The third-order valence-electron chi connectivity index (χ3n) is 4.17. The molecule has 0 aliphatic carbocycles. The Kier molecular flexibility index (Phi) is 7.86. The SMILES string of the molecule is CCCCOc1ccc(C(=O)NCC(=O)OCc2cc(C)ccc2C)cc1. The lowest BCUT2D eigenvalue weighted by atomic mass is 10.1. The van der Waals surface area contributed by atoms with Crippen LogP contribution < -0.4 is 10.1 Å². The van der Waals surface area contributed by atoms with Crippen LogP contribution in [0.1, 0.15) is 46.8 Å². The molecule has 144 valence electrons. The zero-order valence-corrected chi connectivity index (χ0v) is 16.2. The Hall–Kier alpha value is -2.82. The number of hydrogen-bond donors (Lipinski definition) is 1. The summed E-state index contributed by atoms with van der Waals surface area (Å²) in [6, 6.07) is 12.9. The van der Waals surface area contributed by atoms with Crippen molar-refractivity contribution in [3.63, 3.8) is 0 Å². The molecule has 0 heterocycles. The molecule has 5 heteroatoms. The first-order valence-electron chi connectivity index (χ1n) is 9.22. The molecule has 0 saturated heterocycles. The van der Waals surface area contributed by atoms with Gasteiger partial charge in [0.05, 0.1) is 6.61 Å². The summed E-state index contributed by atoms with van der Waals surface area (Å²) in [6.07, 6.45) is 2.06. The summed E-state index contributed by atoms with van der Waals surface area (Å²) in [4.78, 5) is 24.0. The standard InChI is InChI=1S/C22H27NO4/c1-4-5-12-26-20-10-8-18(9-11-20)22(25)23-14-21(24)27-15-19-13-16(2)6-7-17(19)3/h6-11,13H,4-5,12,14-15H2,1-3H3,(H,23,25). The van der Waals surface area contributed by atoms with Gasteiger partial charge in [0, 0.05) is 5.56 Å². The first kappa shape index (κ1) is 20.5. The largest absolute Gasteiger partial charge is 0.494 e. The molecule has 0 radical (unpaired) electrons. The first-order chi connectivity index (χ1) is 13.0. The topological polar surface area (TPSA) is 64.6 Å². The molecule has 0 aliphatic rings. The molecule has 2 aromatic carbocycles. The maximum Gasteiger partial charge on any atom is 0.325 e. The predicted octanol–water partition coefficient (Wildman–Crippen LogP) is 3.96. The van der Waals surface area contributed by atoms with Gasteiger partial charge in [-0.3, -0.25) is 9.59 Å². The quantitative estimate of drug-likeness (QED) is 0.537. The monoisotopic (exact) mass is 369 g/mol. The van der Waals surface area contributed by atoms with Crippen molar-refractivity contribution < 1.29 is 19.1 Å². The number of ether oxygens (including phenoxy) is 2. The number of hydrogen-bond acceptors (Lipinski definition) is 4. The molecule has 0 spiro atoms. The van der Waals surface area contributed by atoms with E-state index in [1.807, 2.05) is 32.0 Å². The molecule has 0 atom stereocenters. The summed E-state index contributed by atoms with van der Waals surface area (Å²) in [5.41, 5.74) is 3.62. The van der Waals surface area contributed by atoms with Gasteiger partial charge in [-0.25, -0.2) is 0 Å². The third kappa shape index (κ3) is 6.77. The molecule has 5 nitrogen and oxygen atoms in total. The minimum atomic E-state index is -0.469. The van der Waals surface area contributed by atoms with E-state index in [1.165, 1.54) is 0 Å². The Labute approximate surface area is 160 Å². The number of carbonyl (C=O) groups excluding carboxylic acids is 2. The second-order valence-electron chi connectivity index (χ2n) is 6.50. The maximum atomic E-state index is 12.1. The highest BCUT2D eigenvalue weighted by molar-refractivity contribution is 5.96. The van der Waals surface area contributed by atoms with Crippen molar-refractivity contribution in [1.82, 2.24) is 5.32 Å². The number of esters is 1. The van der Waals surface area contributed by atoms with E-state index in [1.54, 1.807) is 24.3 Å². The second-order valence-corrected chi connectivity index (χ2v) is 6.50. The second kappa shape index (κ2) is 10.4. The Morgan fingerprint density at radius 3 is 2.48 bits per heavy atom. The zero-order chi connectivity index (χ0) is 19.6. The van der Waals surface area contributed by atoms with Crippen molar-refractivity contribution in [2.45, 2.75) is 40.2 Å². The van der Waals surface area contributed by atoms with Crippen molar-refractivity contribution in [2.24, 2.45) is 0 Å². The highest BCUT2D eigenvalue weighted by Gasteiger charge is 2.10. The highest BCUT2D eigenvalue weighted by Crippen LogP contribution is 2.13. The lowest BCUT2D eigenvalue weighted by Crippen LogP contribution is -2.30. The molecule has 1 amide bonds. The van der Waals surface area contributed by atoms with E-state index in [0.29, 0.717) is 12.2 Å². The van der Waals surface area contributed by atoms with Crippen molar-refractivity contribution in [1.29, 1.82) is 0 Å². The van der Waals surface area contributed by atoms with E-state index in [9.17, 15) is 9.59 Å². The van der Waals surface area contributed by atoms with Gasteiger partial charge < -0.3 is 14.8 Å². The fourth-order valence-corrected chi connectivity index (χ4v) is 2.46. The summed E-state index contributed by atoms with van der Waals surface area (Å²) < 4.78 is 10.8. The van der Waals surface area contributed by atoms with Gasteiger partial charge in [0.25, 0.3) is 5.91 Å². The zero-order valence-electron chi connectivity index (χ0n) is 16.2. The Morgan fingerprint density at radius 2 is 1.78 bits per heavy atom. The van der Waals surface area contributed by atoms with E-state index < -0.39 is 5.97 Å². The Bertz CT molecular complexity index is 768. The van der Waals surface area contributed by atoms with Gasteiger partial charge in [0.1, 0.15) is 18.9 Å². The molecule has 0 saturated carbocycles. The highest BCUT2D eigenvalue weighted by atomic mass is 16.5. The van der Waals surface area contributed by atoms with Crippen LogP contribution in [0.15, 0.2) is 42.5 Å². The average molecular weight is 369 g/mol. The average Bonchev–Trinajstić information content (AvgIpc) is 2.67. The Morgan fingerprint density at radius 1 is 1.04 bits per heavy atom. The van der Waals surface area contributed by atoms with Gasteiger partial charge in [-0.2, -0.15) is 0 Å². The minimum absolute atomic E-state index is 0.168. The minimum Gasteiger partial charge on any atom is -0.494 e. The van der Waals surface area contributed by atoms with Crippen LogP contribution in [0.5, 0.6) is 5.75 Å². The van der Waals surface area contributed by atoms with Crippen molar-refractivity contribution in [3.8, 4) is 5.75 Å². The van der Waals surface area contributed by atoms with Crippen LogP contribution in [0.2, 0.25) is 0 Å². The molecular formula is C22H27NO4. The summed E-state index contributed by atoms with van der Waals surface area (Å²) in [6.45, 7) is 6.76. The van der Waals surface area contributed by atoms with Gasteiger partial charge in [0.15, 0.2) is 0 Å². The summed E-state index contributed by atoms with van der Waals surface area (Å²) in [5, 5.41) is 2.58. The van der Waals surface area contributed by atoms with E-state index >= 15 is 0 Å². The van der Waals surface area contributed by atoms with E-state index in [2.05, 4.69) is 12.2 Å². The summed E-state index contributed by atoms with van der Waals surface area (Å²) in [7, 11) is 0. The number of amides is 1. The molecule has 0 bridgehead atoms. The van der Waals surface area contributed by atoms with Crippen molar-refractivity contribution in [2.75, 3.05) is 13.2 Å². The van der Waals surface area contributed by atoms with Crippen LogP contribution in [-0.4, -0.2) is 25.0 Å². The molecule has 0 aliphatic heterocycles. The van der Waals surface area contributed by atoms with Gasteiger partial charge in [-0.15, -0.1) is 0 Å². The van der Waals surface area contributed by atoms with Crippen LogP contribution in [-0.2, 0) is 16.1 Å². The lowest BCUT2D eigenvalue weighted by Gasteiger charge is -2.10. The number of aryl methyl sites for hydroxylation is 2. The van der Waals surface area contributed by atoms with Crippen LogP contribution in [0.4, 0.5) is 0 Å². The molecule has 27 heavy (non-hydrogen) atoms. The number of rotatable bonds is 9. The predicted molar refractivity (Wildman–Crippen MR) is 105 cm³/mol. The Balaban J connectivity index is 1.77. The fraction of sp³-hybridized carbons (Fsp3) is 0.364. The number of benzene rings is 2. The lowest BCUT2D eigenvalue weighted by molar-refractivity contribution is -0.143. The number of nitrogens with one attached hydrogen (secondary N) is 1. The van der Waals surface area contributed by atoms with Crippen molar-refractivity contribution in [3.05, 3.63) is 64.7 Å². The van der Waals surface area contributed by atoms with Crippen LogP contribution in [0.25, 0.3) is 0 Å². The van der Waals surface area contributed by atoms with Gasteiger partial charge in [-0.1, -0.05) is 37.1 Å². The third-order valence-corrected chi connectivity index (χ3v) is 4.17. The molecule has 0 unspecified atom stereocenters. The summed E-state index contributed by atoms with van der Waals surface area (Å²) in [5.74, 6) is -0.0597. The van der Waals surface area contributed by atoms with Crippen molar-refractivity contribution >= 4 is 11.9 Å². The molecule has 2 rings (SSSR count). The smallest absolute Gasteiger partial charge is 0.325 e. The first-order valence-corrected chi connectivity index (χ1v) is 9.22. The summed E-state index contributed by atoms with van der Waals surface area (Å²) >= 11 is 0. The molecule has 1 N–H and O–H groups in total. The molecule has 2 aromatic rings. The molecular weight excluding hydrogens is 342 g/mol. The van der Waals surface area contributed by atoms with Crippen LogP contribution >= 0.6 is 0 Å². The van der Waals surface area contributed by atoms with Gasteiger partial charge in [-0.05, 0) is 55.7 Å². The van der Waals surface area contributed by atoms with E-state index in [4.69, 9.17) is 9.47 Å². The molecule has 0 fully saturated rings. The van der Waals surface area contributed by atoms with E-state index in [-0.39, 0.29) is 19.1 Å². The van der Waals surface area contributed by atoms with Gasteiger partial charge in [0.2, 0.25) is 0 Å².